The van der Waals surface area contributed by atoms with Gasteiger partial charge in [-0.1, -0.05) is 6.07 Å². The number of nitrogens with zero attached hydrogens (tertiary/aromatic N) is 4. The Balaban J connectivity index is 2.70. The predicted molar refractivity (Wildman–Crippen MR) is 112 cm³/mol. The third-order valence-corrected chi connectivity index (χ3v) is 5.19. The van der Waals surface area contributed by atoms with Gasteiger partial charge >= 0.3 is 0 Å². The van der Waals surface area contributed by atoms with E-state index in [0.717, 1.165) is 6.34 Å². The van der Waals surface area contributed by atoms with Crippen molar-refractivity contribution < 1.29 is 0 Å². The van der Waals surface area contributed by atoms with Crippen molar-refractivity contribution >= 4 is 41.1 Å². The number of amidine groups is 1. The number of rotatable bonds is 8. The minimum Gasteiger partial charge on any atom is -0.382 e. The van der Waals surface area contributed by atoms with Crippen LogP contribution in [0.25, 0.3) is 0 Å². The molecule has 0 aliphatic heterocycles. The molecule has 5 N–H and O–H groups in total. The Hall–Kier alpha value is -3.07. The molecule has 2 unspecified atom stereocenters. The smallest absolute Gasteiger partial charge is 0.144 e. The molecule has 0 radical (unpaired) electrons. The van der Waals surface area contributed by atoms with E-state index in [1.165, 1.54) is 17.6 Å². The zero-order valence-electron chi connectivity index (χ0n) is 15.4. The van der Waals surface area contributed by atoms with Crippen LogP contribution in [-0.4, -0.2) is 46.8 Å². The van der Waals surface area contributed by atoms with E-state index < -0.39 is 11.8 Å². The van der Waals surface area contributed by atoms with Gasteiger partial charge in [-0.25, -0.2) is 9.98 Å². The predicted octanol–water partition coefficient (Wildman–Crippen LogP) is 2.85. The number of hydrogen-bond donors (Lipinski definition) is 4. The molecule has 0 aliphatic carbocycles. The molecule has 0 aromatic carbocycles. The maximum atomic E-state index is 8.23. The second kappa shape index (κ2) is 9.04. The second-order valence-corrected chi connectivity index (χ2v) is 6.82. The highest BCUT2D eigenvalue weighted by molar-refractivity contribution is 7.14. The first kappa shape index (κ1) is 20.2. The highest BCUT2D eigenvalue weighted by Crippen LogP contribution is 2.33. The minimum absolute atomic E-state index is 0.155. The van der Waals surface area contributed by atoms with E-state index in [2.05, 4.69) is 15.0 Å². The third-order valence-electron chi connectivity index (χ3n) is 4.03. The highest BCUT2D eigenvalue weighted by Gasteiger charge is 2.28. The molecule has 9 heteroatoms. The van der Waals surface area contributed by atoms with Crippen molar-refractivity contribution in [3.63, 3.8) is 0 Å². The largest absolute Gasteiger partial charge is 0.382 e. The average Bonchev–Trinajstić information content (AvgIpc) is 3.07. The molecule has 27 heavy (non-hydrogen) atoms. The molecule has 0 saturated carbocycles. The maximum absolute atomic E-state index is 8.23. The number of pyridine rings is 1. The summed E-state index contributed by atoms with van der Waals surface area (Å²) in [6, 6.07) is 5.54. The number of nitrogens with one attached hydrogen (secondary N) is 3. The SMILES string of the molecule is CN=C(C)C(C=N)c1nc(C(C(C)=N)c2ccccn2)sc1C(N)=NC=N. The van der Waals surface area contributed by atoms with Crippen molar-refractivity contribution in [2.24, 2.45) is 15.7 Å². The van der Waals surface area contributed by atoms with Crippen molar-refractivity contribution in [1.82, 2.24) is 9.97 Å². The minimum atomic E-state index is -0.454. The van der Waals surface area contributed by atoms with Gasteiger partial charge in [0.1, 0.15) is 17.2 Å². The summed E-state index contributed by atoms with van der Waals surface area (Å²) in [6.45, 7) is 3.53. The van der Waals surface area contributed by atoms with E-state index in [0.29, 0.717) is 32.7 Å². The Morgan fingerprint density at radius 1 is 1.30 bits per heavy atom. The molecule has 0 spiro atoms. The molecule has 0 saturated heterocycles. The standard InChI is InChI=1S/C18H22N8S/c1-10(21)14(13-6-4-5-7-24-13)18-26-15(12(8-19)11(2)23-3)16(27-18)17(22)25-9-20/h4-9,12,14,19,21H,1-3H3,(H3,20,22,25). The fraction of sp³-hybridized carbons (Fsp3) is 0.278. The van der Waals surface area contributed by atoms with Crippen molar-refractivity contribution in [3.8, 4) is 0 Å². The van der Waals surface area contributed by atoms with Gasteiger partial charge in [0.15, 0.2) is 0 Å². The van der Waals surface area contributed by atoms with Crippen LogP contribution in [0.4, 0.5) is 0 Å². The Morgan fingerprint density at radius 2 is 2.04 bits per heavy atom. The molecule has 0 amide bonds. The van der Waals surface area contributed by atoms with Crippen LogP contribution in [0.1, 0.15) is 47.0 Å². The first-order valence-corrected chi connectivity index (χ1v) is 8.99. The number of aromatic nitrogens is 2. The summed E-state index contributed by atoms with van der Waals surface area (Å²) in [4.78, 5) is 17.7. The topological polar surface area (TPSA) is 148 Å². The molecule has 140 valence electrons. The molecular formula is C18H22N8S. The van der Waals surface area contributed by atoms with Crippen LogP contribution in [-0.2, 0) is 0 Å². The highest BCUT2D eigenvalue weighted by atomic mass is 32.1. The fourth-order valence-electron chi connectivity index (χ4n) is 2.61. The monoisotopic (exact) mass is 382 g/mol. The summed E-state index contributed by atoms with van der Waals surface area (Å²) in [5.41, 5.74) is 8.44. The molecular weight excluding hydrogens is 360 g/mol. The Labute approximate surface area is 161 Å². The lowest BCUT2D eigenvalue weighted by Crippen LogP contribution is -2.19. The zero-order chi connectivity index (χ0) is 20.0. The van der Waals surface area contributed by atoms with Crippen LogP contribution in [0.3, 0.4) is 0 Å². The van der Waals surface area contributed by atoms with E-state index in [-0.39, 0.29) is 5.84 Å². The van der Waals surface area contributed by atoms with Gasteiger partial charge in [-0.15, -0.1) is 11.3 Å². The van der Waals surface area contributed by atoms with E-state index in [4.69, 9.17) is 26.9 Å². The molecule has 0 aliphatic rings. The number of hydrogen-bond acceptors (Lipinski definition) is 7. The molecule has 8 nitrogen and oxygen atoms in total. The lowest BCUT2D eigenvalue weighted by atomic mass is 9.98. The van der Waals surface area contributed by atoms with Gasteiger partial charge in [-0.3, -0.25) is 15.4 Å². The summed E-state index contributed by atoms with van der Waals surface area (Å²) in [6.07, 6.45) is 3.81. The quantitative estimate of drug-likeness (QED) is 0.411. The summed E-state index contributed by atoms with van der Waals surface area (Å²) < 4.78 is 0. The van der Waals surface area contributed by atoms with E-state index in [1.807, 2.05) is 25.1 Å². The van der Waals surface area contributed by atoms with Crippen LogP contribution < -0.4 is 5.73 Å². The molecule has 2 aromatic rings. The molecule has 2 rings (SSSR count). The zero-order valence-corrected chi connectivity index (χ0v) is 16.2. The summed E-state index contributed by atoms with van der Waals surface area (Å²) in [5.74, 6) is -0.714. The van der Waals surface area contributed by atoms with Gasteiger partial charge in [0.05, 0.1) is 28.1 Å². The van der Waals surface area contributed by atoms with Crippen molar-refractivity contribution in [2.45, 2.75) is 25.7 Å². The van der Waals surface area contributed by atoms with Crippen LogP contribution in [0.2, 0.25) is 0 Å². The van der Waals surface area contributed by atoms with E-state index >= 15 is 0 Å². The Kier molecular flexibility index (Phi) is 6.78. The molecule has 2 heterocycles. The van der Waals surface area contributed by atoms with Crippen LogP contribution in [0.15, 0.2) is 34.4 Å². The van der Waals surface area contributed by atoms with Crippen molar-refractivity contribution in [2.75, 3.05) is 7.05 Å². The first-order chi connectivity index (χ1) is 12.9. The Bertz CT molecular complexity index is 897. The van der Waals surface area contributed by atoms with Gasteiger partial charge in [-0.05, 0) is 26.0 Å². The van der Waals surface area contributed by atoms with Gasteiger partial charge in [-0.2, -0.15) is 0 Å². The number of thiazole rings is 1. The van der Waals surface area contributed by atoms with Gasteiger partial charge in [0.2, 0.25) is 0 Å². The maximum Gasteiger partial charge on any atom is 0.144 e. The van der Waals surface area contributed by atoms with Gasteiger partial charge in [0.25, 0.3) is 0 Å². The lowest BCUT2D eigenvalue weighted by Gasteiger charge is -2.12. The third kappa shape index (κ3) is 4.37. The average molecular weight is 382 g/mol. The number of nitrogens with two attached hydrogens (primary N) is 1. The lowest BCUT2D eigenvalue weighted by molar-refractivity contribution is 0.942. The van der Waals surface area contributed by atoms with Crippen molar-refractivity contribution in [1.29, 1.82) is 16.2 Å². The normalized spacial score (nSPS) is 14.5. The second-order valence-electron chi connectivity index (χ2n) is 5.79. The molecule has 2 aromatic heterocycles. The Morgan fingerprint density at radius 3 is 2.56 bits per heavy atom. The van der Waals surface area contributed by atoms with Gasteiger partial charge < -0.3 is 16.6 Å². The molecule has 2 atom stereocenters. The summed E-state index contributed by atoms with van der Waals surface area (Å²) >= 11 is 1.30. The first-order valence-electron chi connectivity index (χ1n) is 8.17. The molecule has 0 bridgehead atoms. The summed E-state index contributed by atoms with van der Waals surface area (Å²) in [5, 5.41) is 23.9. The van der Waals surface area contributed by atoms with Crippen LogP contribution in [0, 0.1) is 16.2 Å². The van der Waals surface area contributed by atoms with E-state index in [9.17, 15) is 0 Å². The summed E-state index contributed by atoms with van der Waals surface area (Å²) in [7, 11) is 1.66. The van der Waals surface area contributed by atoms with Crippen LogP contribution >= 0.6 is 11.3 Å². The fourth-order valence-corrected chi connectivity index (χ4v) is 3.81. The van der Waals surface area contributed by atoms with Crippen LogP contribution in [0.5, 0.6) is 0 Å². The molecule has 0 fully saturated rings. The number of aliphatic imine (C=N–C) groups is 2. The van der Waals surface area contributed by atoms with E-state index in [1.54, 1.807) is 20.2 Å². The van der Waals surface area contributed by atoms with Gasteiger partial charge in [0, 0.05) is 30.9 Å². The van der Waals surface area contributed by atoms with Crippen molar-refractivity contribution in [3.05, 3.63) is 45.7 Å².